The molecular weight excluding hydrogens is 406 g/mol. The number of nitrogens with one attached hydrogen (secondary N) is 2. The molecule has 0 bridgehead atoms. The van der Waals surface area contributed by atoms with Gasteiger partial charge in [-0.25, -0.2) is 9.79 Å². The van der Waals surface area contributed by atoms with Gasteiger partial charge in [0.1, 0.15) is 18.0 Å². The average molecular weight is 426 g/mol. The first kappa shape index (κ1) is 19.5. The second-order valence-electron chi connectivity index (χ2n) is 6.29. The van der Waals surface area contributed by atoms with E-state index in [1.54, 1.807) is 32.5 Å². The standard InChI is InChI=1S/C17H20BrN3O3S/c1-17(2,3)24-16(23)19-8-15(22)21-14-10-25-9-13(20-14)11-5-4-6-12(18)7-11/h4-7,9H,8,10H2,1-3H3,(H,19,23)(H,20,21,22). The van der Waals surface area contributed by atoms with Gasteiger partial charge < -0.3 is 15.4 Å². The molecule has 2 N–H and O–H groups in total. The minimum atomic E-state index is -0.627. The third kappa shape index (κ3) is 6.91. The Hall–Kier alpha value is -1.80. The molecular formula is C17H20BrN3O3S. The smallest absolute Gasteiger partial charge is 0.408 e. The number of rotatable bonds is 3. The lowest BCUT2D eigenvalue weighted by Crippen LogP contribution is -2.42. The van der Waals surface area contributed by atoms with Crippen molar-refractivity contribution in [2.75, 3.05) is 12.3 Å². The average Bonchev–Trinajstić information content (AvgIpc) is 2.52. The van der Waals surface area contributed by atoms with Crippen LogP contribution in [0.2, 0.25) is 0 Å². The highest BCUT2D eigenvalue weighted by Crippen LogP contribution is 2.26. The number of halogens is 1. The fraction of sp³-hybridized carbons (Fsp3) is 0.353. The van der Waals surface area contributed by atoms with E-state index in [0.29, 0.717) is 11.6 Å². The second-order valence-corrected chi connectivity index (χ2v) is 8.06. The predicted octanol–water partition coefficient (Wildman–Crippen LogP) is 3.53. The third-order valence-electron chi connectivity index (χ3n) is 2.87. The number of carbonyl (C=O) groups excluding carboxylic acids is 2. The Morgan fingerprint density at radius 1 is 1.36 bits per heavy atom. The van der Waals surface area contributed by atoms with Crippen molar-refractivity contribution in [3.05, 3.63) is 39.7 Å². The summed E-state index contributed by atoms with van der Waals surface area (Å²) in [5.74, 6) is 0.773. The van der Waals surface area contributed by atoms with E-state index in [1.165, 1.54) is 0 Å². The number of nitrogens with zero attached hydrogens (tertiary/aromatic N) is 1. The maximum absolute atomic E-state index is 12.0. The molecule has 1 aliphatic rings. The molecule has 2 rings (SSSR count). The topological polar surface area (TPSA) is 79.8 Å². The predicted molar refractivity (Wildman–Crippen MR) is 104 cm³/mol. The van der Waals surface area contributed by atoms with Crippen molar-refractivity contribution in [3.63, 3.8) is 0 Å². The minimum Gasteiger partial charge on any atom is -0.444 e. The molecule has 8 heteroatoms. The number of thioether (sulfide) groups is 1. The van der Waals surface area contributed by atoms with Gasteiger partial charge in [-0.2, -0.15) is 0 Å². The van der Waals surface area contributed by atoms with Gasteiger partial charge in [-0.3, -0.25) is 4.79 Å². The molecule has 1 aliphatic heterocycles. The van der Waals surface area contributed by atoms with Crippen LogP contribution in [0.3, 0.4) is 0 Å². The van der Waals surface area contributed by atoms with Crippen molar-refractivity contribution >= 4 is 51.2 Å². The Labute approximate surface area is 159 Å². The molecule has 0 fully saturated rings. The van der Waals surface area contributed by atoms with E-state index < -0.39 is 11.7 Å². The van der Waals surface area contributed by atoms with Crippen LogP contribution < -0.4 is 10.6 Å². The summed E-state index contributed by atoms with van der Waals surface area (Å²) in [4.78, 5) is 28.0. The van der Waals surface area contributed by atoms with Gasteiger partial charge in [0.05, 0.1) is 11.4 Å². The van der Waals surface area contributed by atoms with Crippen LogP contribution in [0.15, 0.2) is 39.1 Å². The summed E-state index contributed by atoms with van der Waals surface area (Å²) in [7, 11) is 0. The summed E-state index contributed by atoms with van der Waals surface area (Å²) in [5.41, 5.74) is 1.14. The van der Waals surface area contributed by atoms with E-state index in [4.69, 9.17) is 4.74 Å². The first-order valence-electron chi connectivity index (χ1n) is 7.65. The Kier molecular flexibility index (Phi) is 6.66. The SMILES string of the molecule is CC(C)(C)OC(=O)NCC(=O)NC1=NC(c2cccc(Br)c2)=CSC1. The van der Waals surface area contributed by atoms with Gasteiger partial charge in [0.15, 0.2) is 0 Å². The summed E-state index contributed by atoms with van der Waals surface area (Å²) in [6.45, 7) is 5.11. The monoisotopic (exact) mass is 425 g/mol. The fourth-order valence-electron chi connectivity index (χ4n) is 1.92. The molecule has 134 valence electrons. The zero-order valence-electron chi connectivity index (χ0n) is 14.3. The number of benzene rings is 1. The van der Waals surface area contributed by atoms with E-state index in [1.807, 2.05) is 29.7 Å². The number of amides is 2. The number of hydrogen-bond donors (Lipinski definition) is 2. The van der Waals surface area contributed by atoms with E-state index >= 15 is 0 Å². The van der Waals surface area contributed by atoms with Crippen LogP contribution in [0.25, 0.3) is 5.70 Å². The van der Waals surface area contributed by atoms with Gasteiger partial charge in [0.25, 0.3) is 0 Å². The van der Waals surface area contributed by atoms with Crippen molar-refractivity contribution in [1.82, 2.24) is 10.6 Å². The molecule has 0 spiro atoms. The molecule has 25 heavy (non-hydrogen) atoms. The summed E-state index contributed by atoms with van der Waals surface area (Å²) in [5, 5.41) is 7.10. The molecule has 2 amide bonds. The van der Waals surface area contributed by atoms with Crippen LogP contribution in [-0.2, 0) is 9.53 Å². The van der Waals surface area contributed by atoms with Gasteiger partial charge >= 0.3 is 6.09 Å². The molecule has 0 unspecified atom stereocenters. The Balaban J connectivity index is 1.90. The molecule has 6 nitrogen and oxygen atoms in total. The van der Waals surface area contributed by atoms with Gasteiger partial charge in [-0.05, 0) is 38.3 Å². The zero-order valence-corrected chi connectivity index (χ0v) is 16.7. The summed E-state index contributed by atoms with van der Waals surface area (Å²) in [6.07, 6.45) is -0.627. The van der Waals surface area contributed by atoms with Crippen LogP contribution >= 0.6 is 27.7 Å². The van der Waals surface area contributed by atoms with Crippen molar-refractivity contribution in [1.29, 1.82) is 0 Å². The number of carbonyl (C=O) groups is 2. The molecule has 1 heterocycles. The van der Waals surface area contributed by atoms with Gasteiger partial charge in [0, 0.05) is 10.0 Å². The molecule has 0 aromatic heterocycles. The van der Waals surface area contributed by atoms with Crippen molar-refractivity contribution in [2.24, 2.45) is 4.99 Å². The van der Waals surface area contributed by atoms with Gasteiger partial charge in [-0.1, -0.05) is 28.1 Å². The molecule has 1 aromatic rings. The Morgan fingerprint density at radius 2 is 2.12 bits per heavy atom. The van der Waals surface area contributed by atoms with E-state index in [9.17, 15) is 9.59 Å². The van der Waals surface area contributed by atoms with Crippen molar-refractivity contribution < 1.29 is 14.3 Å². The number of hydrogen-bond acceptors (Lipinski definition) is 5. The zero-order chi connectivity index (χ0) is 18.4. The van der Waals surface area contributed by atoms with Crippen LogP contribution in [0.1, 0.15) is 26.3 Å². The minimum absolute atomic E-state index is 0.172. The van der Waals surface area contributed by atoms with Gasteiger partial charge in [0.2, 0.25) is 5.91 Å². The molecule has 0 saturated heterocycles. The normalized spacial score (nSPS) is 14.2. The molecule has 0 aliphatic carbocycles. The van der Waals surface area contributed by atoms with E-state index in [0.717, 1.165) is 15.7 Å². The summed E-state index contributed by atoms with van der Waals surface area (Å²) >= 11 is 4.99. The fourth-order valence-corrected chi connectivity index (χ4v) is 3.04. The highest BCUT2D eigenvalue weighted by atomic mass is 79.9. The van der Waals surface area contributed by atoms with Gasteiger partial charge in [-0.15, -0.1) is 11.8 Å². The quantitative estimate of drug-likeness (QED) is 0.775. The van der Waals surface area contributed by atoms with Crippen LogP contribution in [0.5, 0.6) is 0 Å². The molecule has 0 saturated carbocycles. The lowest BCUT2D eigenvalue weighted by atomic mass is 10.2. The number of amidine groups is 1. The van der Waals surface area contributed by atoms with Crippen molar-refractivity contribution in [2.45, 2.75) is 26.4 Å². The number of aliphatic imine (C=N–C) groups is 1. The summed E-state index contributed by atoms with van der Waals surface area (Å²) in [6, 6.07) is 7.78. The maximum atomic E-state index is 12.0. The molecule has 0 atom stereocenters. The number of alkyl carbamates (subject to hydrolysis) is 1. The van der Waals surface area contributed by atoms with Crippen molar-refractivity contribution in [3.8, 4) is 0 Å². The summed E-state index contributed by atoms with van der Waals surface area (Å²) < 4.78 is 6.05. The van der Waals surface area contributed by atoms with Crippen LogP contribution in [-0.4, -0.2) is 35.7 Å². The lowest BCUT2D eigenvalue weighted by Gasteiger charge is -2.19. The van der Waals surface area contributed by atoms with E-state index in [-0.39, 0.29) is 12.5 Å². The lowest BCUT2D eigenvalue weighted by molar-refractivity contribution is -0.118. The maximum Gasteiger partial charge on any atom is 0.408 e. The van der Waals surface area contributed by atoms with E-state index in [2.05, 4.69) is 31.6 Å². The highest BCUT2D eigenvalue weighted by molar-refractivity contribution is 9.10. The highest BCUT2D eigenvalue weighted by Gasteiger charge is 2.17. The first-order chi connectivity index (χ1) is 11.7. The molecule has 1 aromatic carbocycles. The molecule has 0 radical (unpaired) electrons. The largest absolute Gasteiger partial charge is 0.444 e. The number of ether oxygens (including phenoxy) is 1. The third-order valence-corrected chi connectivity index (χ3v) is 4.19. The van der Waals surface area contributed by atoms with Crippen LogP contribution in [0.4, 0.5) is 4.79 Å². The second kappa shape index (κ2) is 8.53. The Bertz CT molecular complexity index is 726. The first-order valence-corrected chi connectivity index (χ1v) is 9.49. The van der Waals surface area contributed by atoms with Crippen LogP contribution in [0, 0.1) is 0 Å². The Morgan fingerprint density at radius 3 is 2.80 bits per heavy atom.